The van der Waals surface area contributed by atoms with E-state index >= 15 is 0 Å². The highest BCUT2D eigenvalue weighted by Gasteiger charge is 1.96. The Kier molecular flexibility index (Phi) is 3.55. The van der Waals surface area contributed by atoms with Gasteiger partial charge in [0.15, 0.2) is 0 Å². The van der Waals surface area contributed by atoms with Crippen LogP contribution in [0.3, 0.4) is 0 Å². The molecule has 14 heavy (non-hydrogen) atoms. The molecule has 5 nitrogen and oxygen atoms in total. The Morgan fingerprint density at radius 1 is 1.36 bits per heavy atom. The summed E-state index contributed by atoms with van der Waals surface area (Å²) in [7, 11) is 0. The van der Waals surface area contributed by atoms with E-state index in [1.807, 2.05) is 12.1 Å². The molecule has 6 heteroatoms. The van der Waals surface area contributed by atoms with Crippen LogP contribution in [-0.2, 0) is 6.54 Å². The topological polar surface area (TPSA) is 69.6 Å². The predicted octanol–water partition coefficient (Wildman–Crippen LogP) is 0.543. The van der Waals surface area contributed by atoms with Crippen molar-refractivity contribution in [3.63, 3.8) is 0 Å². The third-order valence-corrected chi connectivity index (χ3v) is 1.70. The second-order valence-corrected chi connectivity index (χ2v) is 2.55. The molecule has 2 heterocycles. The molecule has 0 unspecified atom stereocenters. The molecular formula is C8H10ClN5. The van der Waals surface area contributed by atoms with Crippen LogP contribution in [0.4, 0.5) is 0 Å². The summed E-state index contributed by atoms with van der Waals surface area (Å²) >= 11 is 0. The van der Waals surface area contributed by atoms with Crippen LogP contribution in [0.25, 0.3) is 5.69 Å². The maximum atomic E-state index is 5.42. The van der Waals surface area contributed by atoms with E-state index in [4.69, 9.17) is 5.73 Å². The summed E-state index contributed by atoms with van der Waals surface area (Å²) in [4.78, 5) is 7.98. The molecule has 0 aromatic carbocycles. The number of rotatable bonds is 2. The Labute approximate surface area is 87.4 Å². The van der Waals surface area contributed by atoms with Gasteiger partial charge in [-0.25, -0.2) is 9.67 Å². The molecule has 0 aliphatic carbocycles. The van der Waals surface area contributed by atoms with E-state index in [0.717, 1.165) is 11.4 Å². The van der Waals surface area contributed by atoms with Crippen molar-refractivity contribution in [2.45, 2.75) is 6.54 Å². The normalized spacial score (nSPS) is 9.50. The van der Waals surface area contributed by atoms with E-state index in [1.54, 1.807) is 17.2 Å². The summed E-state index contributed by atoms with van der Waals surface area (Å²) in [6.45, 7) is 0.456. The number of hydrogen-bond acceptors (Lipinski definition) is 4. The van der Waals surface area contributed by atoms with Crippen molar-refractivity contribution in [3.8, 4) is 5.69 Å². The molecular weight excluding hydrogens is 202 g/mol. The van der Waals surface area contributed by atoms with Gasteiger partial charge in [-0.3, -0.25) is 4.98 Å². The van der Waals surface area contributed by atoms with Gasteiger partial charge in [0.25, 0.3) is 0 Å². The lowest BCUT2D eigenvalue weighted by atomic mass is 10.3. The molecule has 2 aromatic heterocycles. The van der Waals surface area contributed by atoms with Gasteiger partial charge in [0.1, 0.15) is 12.7 Å². The van der Waals surface area contributed by atoms with Crippen molar-refractivity contribution in [2.75, 3.05) is 0 Å². The van der Waals surface area contributed by atoms with Crippen molar-refractivity contribution in [1.82, 2.24) is 19.7 Å². The summed E-state index contributed by atoms with van der Waals surface area (Å²) in [5.41, 5.74) is 7.17. The van der Waals surface area contributed by atoms with Crippen LogP contribution in [0, 0.1) is 0 Å². The fraction of sp³-hybridized carbons (Fsp3) is 0.125. The first kappa shape index (κ1) is 10.6. The van der Waals surface area contributed by atoms with E-state index in [-0.39, 0.29) is 12.4 Å². The molecule has 0 fully saturated rings. The number of nitrogens with zero attached hydrogens (tertiary/aromatic N) is 4. The Balaban J connectivity index is 0.000000980. The number of hydrogen-bond donors (Lipinski definition) is 1. The highest BCUT2D eigenvalue weighted by molar-refractivity contribution is 5.85. The lowest BCUT2D eigenvalue weighted by molar-refractivity contribution is 0.864. The monoisotopic (exact) mass is 211 g/mol. The molecule has 2 aromatic rings. The second-order valence-electron chi connectivity index (χ2n) is 2.55. The fourth-order valence-electron chi connectivity index (χ4n) is 1.01. The van der Waals surface area contributed by atoms with Gasteiger partial charge in [-0.1, -0.05) is 0 Å². The molecule has 0 aliphatic rings. The highest BCUT2D eigenvalue weighted by atomic mass is 35.5. The predicted molar refractivity (Wildman–Crippen MR) is 54.3 cm³/mol. The van der Waals surface area contributed by atoms with Crippen LogP contribution in [0.2, 0.25) is 0 Å². The SMILES string of the molecule is Cl.NCc1ccc(-n2cncn2)cn1. The quantitative estimate of drug-likeness (QED) is 0.788. The number of aromatic nitrogens is 4. The standard InChI is InChI=1S/C8H9N5.ClH/c9-3-7-1-2-8(4-11-7)13-6-10-5-12-13;/h1-2,4-6H,3,9H2;1H. The van der Waals surface area contributed by atoms with Gasteiger partial charge >= 0.3 is 0 Å². The van der Waals surface area contributed by atoms with Crippen LogP contribution in [0.5, 0.6) is 0 Å². The second kappa shape index (κ2) is 4.69. The Morgan fingerprint density at radius 3 is 2.71 bits per heavy atom. The van der Waals surface area contributed by atoms with E-state index in [1.165, 1.54) is 6.33 Å². The first-order chi connectivity index (χ1) is 6.40. The smallest absolute Gasteiger partial charge is 0.138 e. The molecule has 0 amide bonds. The van der Waals surface area contributed by atoms with Crippen LogP contribution in [0.1, 0.15) is 5.69 Å². The first-order valence-corrected chi connectivity index (χ1v) is 3.90. The third-order valence-electron chi connectivity index (χ3n) is 1.70. The van der Waals surface area contributed by atoms with E-state index in [2.05, 4.69) is 15.1 Å². The molecule has 0 spiro atoms. The molecule has 0 saturated heterocycles. The fourth-order valence-corrected chi connectivity index (χ4v) is 1.01. The highest BCUT2D eigenvalue weighted by Crippen LogP contribution is 2.03. The maximum Gasteiger partial charge on any atom is 0.138 e. The van der Waals surface area contributed by atoms with Gasteiger partial charge in [0, 0.05) is 6.54 Å². The van der Waals surface area contributed by atoms with Crippen LogP contribution >= 0.6 is 12.4 Å². The van der Waals surface area contributed by atoms with E-state index in [0.29, 0.717) is 6.54 Å². The van der Waals surface area contributed by atoms with Crippen LogP contribution in [-0.4, -0.2) is 19.7 Å². The molecule has 0 atom stereocenters. The van der Waals surface area contributed by atoms with Gasteiger partial charge in [-0.2, -0.15) is 5.10 Å². The largest absolute Gasteiger partial charge is 0.325 e. The van der Waals surface area contributed by atoms with Crippen molar-refractivity contribution in [1.29, 1.82) is 0 Å². The van der Waals surface area contributed by atoms with Crippen molar-refractivity contribution >= 4 is 12.4 Å². The van der Waals surface area contributed by atoms with Gasteiger partial charge in [-0.15, -0.1) is 12.4 Å². The van der Waals surface area contributed by atoms with Crippen molar-refractivity contribution < 1.29 is 0 Å². The minimum absolute atomic E-state index is 0. The van der Waals surface area contributed by atoms with Gasteiger partial charge < -0.3 is 5.73 Å². The average molecular weight is 212 g/mol. The average Bonchev–Trinajstić information content (AvgIpc) is 2.71. The summed E-state index contributed by atoms with van der Waals surface area (Å²) in [6.07, 6.45) is 4.83. The number of halogens is 1. The molecule has 0 radical (unpaired) electrons. The molecule has 0 aliphatic heterocycles. The molecule has 0 saturated carbocycles. The maximum absolute atomic E-state index is 5.42. The van der Waals surface area contributed by atoms with Crippen LogP contribution < -0.4 is 5.73 Å². The van der Waals surface area contributed by atoms with Gasteiger partial charge in [0.05, 0.1) is 17.6 Å². The van der Waals surface area contributed by atoms with Crippen LogP contribution in [0.15, 0.2) is 31.0 Å². The lowest BCUT2D eigenvalue weighted by Crippen LogP contribution is -2.01. The molecule has 2 N–H and O–H groups in total. The lowest BCUT2D eigenvalue weighted by Gasteiger charge is -1.99. The Bertz CT molecular complexity index is 369. The minimum Gasteiger partial charge on any atom is -0.325 e. The summed E-state index contributed by atoms with van der Waals surface area (Å²) < 4.78 is 1.65. The van der Waals surface area contributed by atoms with Gasteiger partial charge in [0.2, 0.25) is 0 Å². The molecule has 0 bridgehead atoms. The zero-order chi connectivity index (χ0) is 9.10. The summed E-state index contributed by atoms with van der Waals surface area (Å²) in [6, 6.07) is 3.78. The number of nitrogens with two attached hydrogens (primary N) is 1. The zero-order valence-electron chi connectivity index (χ0n) is 7.37. The Morgan fingerprint density at radius 2 is 2.21 bits per heavy atom. The Hall–Kier alpha value is -1.46. The van der Waals surface area contributed by atoms with E-state index < -0.39 is 0 Å². The zero-order valence-corrected chi connectivity index (χ0v) is 8.18. The summed E-state index contributed by atoms with van der Waals surface area (Å²) in [5.74, 6) is 0. The van der Waals surface area contributed by atoms with Gasteiger partial charge in [-0.05, 0) is 12.1 Å². The summed E-state index contributed by atoms with van der Waals surface area (Å²) in [5, 5.41) is 3.98. The van der Waals surface area contributed by atoms with Crippen molar-refractivity contribution in [3.05, 3.63) is 36.7 Å². The van der Waals surface area contributed by atoms with Crippen molar-refractivity contribution in [2.24, 2.45) is 5.73 Å². The third kappa shape index (κ3) is 2.07. The first-order valence-electron chi connectivity index (χ1n) is 3.90. The molecule has 74 valence electrons. The minimum atomic E-state index is 0. The van der Waals surface area contributed by atoms with E-state index in [9.17, 15) is 0 Å². The number of pyridine rings is 1. The molecule has 2 rings (SSSR count).